The number of rotatable bonds is 7. The van der Waals surface area contributed by atoms with E-state index in [-0.39, 0.29) is 24.8 Å². The molecule has 2 amide bonds. The number of aliphatic carboxylic acids is 2. The van der Waals surface area contributed by atoms with Gasteiger partial charge in [-0.2, -0.15) is 26.3 Å². The number of carbonyl (C=O) groups is 4. The summed E-state index contributed by atoms with van der Waals surface area (Å²) < 4.78 is 63.5. The van der Waals surface area contributed by atoms with Crippen LogP contribution in [0.1, 0.15) is 19.0 Å². The molecule has 0 fully saturated rings. The molecular weight excluding hydrogens is 460 g/mol. The van der Waals surface area contributed by atoms with E-state index in [2.05, 4.69) is 20.6 Å². The van der Waals surface area contributed by atoms with Gasteiger partial charge in [0.1, 0.15) is 6.04 Å². The normalized spacial score (nSPS) is 11.6. The van der Waals surface area contributed by atoms with E-state index in [4.69, 9.17) is 25.5 Å². The van der Waals surface area contributed by atoms with E-state index >= 15 is 0 Å². The van der Waals surface area contributed by atoms with Crippen LogP contribution in [0.2, 0.25) is 0 Å². The summed E-state index contributed by atoms with van der Waals surface area (Å²) in [6.45, 7) is 2.61. The Morgan fingerprint density at radius 1 is 1.09 bits per heavy atom. The first-order chi connectivity index (χ1) is 14.6. The number of halogens is 6. The fourth-order valence-corrected chi connectivity index (χ4v) is 1.52. The number of H-pyrrole nitrogens is 1. The van der Waals surface area contributed by atoms with Gasteiger partial charge >= 0.3 is 24.3 Å². The first-order valence-electron chi connectivity index (χ1n) is 8.40. The number of nitrogens with zero attached hydrogens (tertiary/aromatic N) is 1. The molecule has 0 saturated heterocycles. The second-order valence-electron chi connectivity index (χ2n) is 5.44. The maximum atomic E-state index is 11.8. The van der Waals surface area contributed by atoms with Gasteiger partial charge in [0.15, 0.2) is 0 Å². The number of likely N-dealkylation sites (N-methyl/N-ethyl adjacent to an activating group) is 1. The Bertz CT molecular complexity index is 699. The minimum Gasteiger partial charge on any atom is -0.475 e. The number of nitrogens with two attached hydrogens (primary N) is 1. The number of aromatic amines is 1. The van der Waals surface area contributed by atoms with Gasteiger partial charge in [-0.05, 0) is 6.92 Å². The average Bonchev–Trinajstić information content (AvgIpc) is 3.14. The lowest BCUT2D eigenvalue weighted by atomic mass is 10.1. The zero-order valence-electron chi connectivity index (χ0n) is 16.4. The van der Waals surface area contributed by atoms with Gasteiger partial charge in [-0.1, -0.05) is 0 Å². The molecule has 1 aromatic heterocycles. The van der Waals surface area contributed by atoms with Crippen molar-refractivity contribution in [3.63, 3.8) is 0 Å². The highest BCUT2D eigenvalue weighted by atomic mass is 19.4. The molecule has 0 radical (unpaired) electrons. The molecule has 0 aliphatic rings. The lowest BCUT2D eigenvalue weighted by Crippen LogP contribution is -2.48. The van der Waals surface area contributed by atoms with Crippen LogP contribution in [0.3, 0.4) is 0 Å². The van der Waals surface area contributed by atoms with Crippen LogP contribution < -0.4 is 16.4 Å². The molecule has 0 aromatic carbocycles. The van der Waals surface area contributed by atoms with Crippen molar-refractivity contribution in [1.29, 1.82) is 0 Å². The number of amides is 2. The summed E-state index contributed by atoms with van der Waals surface area (Å²) in [7, 11) is 0. The fraction of sp³-hybridized carbons (Fsp3) is 0.533. The van der Waals surface area contributed by atoms with E-state index in [1.807, 2.05) is 6.92 Å². The van der Waals surface area contributed by atoms with Crippen molar-refractivity contribution in [2.45, 2.75) is 38.2 Å². The number of carboxylic acids is 2. The van der Waals surface area contributed by atoms with Crippen molar-refractivity contribution in [3.05, 3.63) is 18.2 Å². The Kier molecular flexibility index (Phi) is 14.1. The number of imidazole rings is 1. The number of hydrogen-bond donors (Lipinski definition) is 6. The van der Waals surface area contributed by atoms with Crippen molar-refractivity contribution in [1.82, 2.24) is 20.6 Å². The Morgan fingerprint density at radius 3 is 1.88 bits per heavy atom. The van der Waals surface area contributed by atoms with Crippen molar-refractivity contribution in [2.75, 3.05) is 13.1 Å². The molecule has 0 spiro atoms. The smallest absolute Gasteiger partial charge is 0.475 e. The summed E-state index contributed by atoms with van der Waals surface area (Å²) in [5, 5.41) is 19.6. The Morgan fingerprint density at radius 2 is 1.56 bits per heavy atom. The number of alkyl halides is 6. The number of carbonyl (C=O) groups excluding carboxylic acids is 2. The van der Waals surface area contributed by atoms with Crippen LogP contribution in [0.5, 0.6) is 0 Å². The molecule has 1 atom stereocenters. The lowest BCUT2D eigenvalue weighted by Gasteiger charge is -2.17. The highest BCUT2D eigenvalue weighted by molar-refractivity contribution is 5.87. The van der Waals surface area contributed by atoms with E-state index in [9.17, 15) is 35.9 Å². The second-order valence-corrected chi connectivity index (χ2v) is 5.44. The number of carboxylic acid groups (broad SMARTS) is 2. The molecule has 0 saturated carbocycles. The molecule has 11 nitrogen and oxygen atoms in total. The summed E-state index contributed by atoms with van der Waals surface area (Å²) in [6, 6.07) is -0.607. The summed E-state index contributed by atoms with van der Waals surface area (Å²) in [5.41, 5.74) is 6.09. The van der Waals surface area contributed by atoms with Gasteiger partial charge in [-0.25, -0.2) is 14.6 Å². The standard InChI is InChI=1S/C11H19N5O2.2C2HF3O2/c1-2-14-11(18)9(16-10(17)3-4-12)5-8-6-13-7-15-8;2*3-2(4,5)1(6)7/h6-7,9H,2-5,12H2,1H3,(H,13,15)(H,14,18)(H,16,17);2*(H,6,7)/t9-;;/m0../s1. The maximum Gasteiger partial charge on any atom is 0.490 e. The minimum absolute atomic E-state index is 0.207. The molecule has 0 aliphatic carbocycles. The van der Waals surface area contributed by atoms with Crippen LogP contribution in [0.25, 0.3) is 0 Å². The van der Waals surface area contributed by atoms with Gasteiger partial charge in [0.05, 0.1) is 6.33 Å². The molecular formula is C15H21F6N5O6. The van der Waals surface area contributed by atoms with Gasteiger partial charge in [0.2, 0.25) is 11.8 Å². The Hall–Kier alpha value is -3.37. The number of nitrogens with one attached hydrogen (secondary N) is 3. The molecule has 1 aromatic rings. The first kappa shape index (κ1) is 30.8. The molecule has 7 N–H and O–H groups in total. The van der Waals surface area contributed by atoms with E-state index in [1.165, 1.54) is 6.33 Å². The third-order valence-corrected chi connectivity index (χ3v) is 2.84. The lowest BCUT2D eigenvalue weighted by molar-refractivity contribution is -0.193. The van der Waals surface area contributed by atoms with Crippen LogP contribution in [-0.2, 0) is 25.6 Å². The quantitative estimate of drug-likeness (QED) is 0.298. The minimum atomic E-state index is -5.08. The predicted molar refractivity (Wildman–Crippen MR) is 94.0 cm³/mol. The monoisotopic (exact) mass is 481 g/mol. The molecule has 0 bridgehead atoms. The largest absolute Gasteiger partial charge is 0.490 e. The predicted octanol–water partition coefficient (Wildman–Crippen LogP) is 0.189. The van der Waals surface area contributed by atoms with E-state index in [0.29, 0.717) is 13.0 Å². The van der Waals surface area contributed by atoms with Crippen LogP contribution in [0, 0.1) is 0 Å². The van der Waals surface area contributed by atoms with Gasteiger partial charge in [0.25, 0.3) is 0 Å². The van der Waals surface area contributed by atoms with Gasteiger partial charge in [-0.15, -0.1) is 0 Å². The molecule has 17 heteroatoms. The van der Waals surface area contributed by atoms with Crippen LogP contribution in [-0.4, -0.2) is 75.4 Å². The van der Waals surface area contributed by atoms with Crippen molar-refractivity contribution in [3.8, 4) is 0 Å². The molecule has 1 rings (SSSR count). The van der Waals surface area contributed by atoms with Crippen molar-refractivity contribution >= 4 is 23.8 Å². The zero-order chi connectivity index (χ0) is 25.5. The molecule has 0 aliphatic heterocycles. The van der Waals surface area contributed by atoms with Crippen molar-refractivity contribution in [2.24, 2.45) is 5.73 Å². The third-order valence-electron chi connectivity index (χ3n) is 2.84. The SMILES string of the molecule is CCNC(=O)[C@H](Cc1cnc[nH]1)NC(=O)CCN.O=C(O)C(F)(F)F.O=C(O)C(F)(F)F. The van der Waals surface area contributed by atoms with Gasteiger partial charge < -0.3 is 31.6 Å². The van der Waals surface area contributed by atoms with Crippen molar-refractivity contribution < 1.29 is 55.7 Å². The number of hydrogen-bond acceptors (Lipinski definition) is 6. The van der Waals surface area contributed by atoms with E-state index in [1.54, 1.807) is 6.20 Å². The van der Waals surface area contributed by atoms with Crippen LogP contribution in [0.4, 0.5) is 26.3 Å². The van der Waals surface area contributed by atoms with Gasteiger partial charge in [-0.3, -0.25) is 9.59 Å². The highest BCUT2D eigenvalue weighted by Gasteiger charge is 2.38. The fourth-order valence-electron chi connectivity index (χ4n) is 1.52. The van der Waals surface area contributed by atoms with Crippen LogP contribution >= 0.6 is 0 Å². The molecule has 0 unspecified atom stereocenters. The average molecular weight is 481 g/mol. The molecule has 32 heavy (non-hydrogen) atoms. The third kappa shape index (κ3) is 15.5. The van der Waals surface area contributed by atoms with Gasteiger partial charge in [0, 0.05) is 37.8 Å². The Balaban J connectivity index is 0. The summed E-state index contributed by atoms with van der Waals surface area (Å²) in [4.78, 5) is 47.9. The van der Waals surface area contributed by atoms with Crippen LogP contribution in [0.15, 0.2) is 12.5 Å². The van der Waals surface area contributed by atoms with E-state index in [0.717, 1.165) is 5.69 Å². The Labute approximate surface area is 176 Å². The molecule has 1 heterocycles. The second kappa shape index (κ2) is 14.6. The zero-order valence-corrected chi connectivity index (χ0v) is 16.4. The number of aromatic nitrogens is 2. The maximum absolute atomic E-state index is 11.8. The highest BCUT2D eigenvalue weighted by Crippen LogP contribution is 2.13. The summed E-state index contributed by atoms with van der Waals surface area (Å²) in [6.07, 6.45) is -6.42. The van der Waals surface area contributed by atoms with E-state index < -0.39 is 30.3 Å². The first-order valence-corrected chi connectivity index (χ1v) is 8.40. The summed E-state index contributed by atoms with van der Waals surface area (Å²) >= 11 is 0. The summed E-state index contributed by atoms with van der Waals surface area (Å²) in [5.74, 6) is -5.95. The topological polar surface area (TPSA) is 187 Å². The molecule has 184 valence electrons.